The first kappa shape index (κ1) is 15.0. The molecule has 2 aliphatic rings. The molecule has 1 aromatic carbocycles. The molecule has 1 atom stereocenters. The molecule has 1 spiro atoms. The number of carbonyl (C=O) groups is 2. The fourth-order valence-electron chi connectivity index (χ4n) is 3.58. The predicted molar refractivity (Wildman–Crippen MR) is 78.3 cm³/mol. The fraction of sp³-hybridized carbons (Fsp3) is 0.529. The van der Waals surface area contributed by atoms with Crippen molar-refractivity contribution in [2.75, 3.05) is 0 Å². The van der Waals surface area contributed by atoms with Crippen molar-refractivity contribution in [2.45, 2.75) is 50.7 Å². The third-order valence-electron chi connectivity index (χ3n) is 4.70. The highest BCUT2D eigenvalue weighted by Gasteiger charge is 2.52. The lowest BCUT2D eigenvalue weighted by atomic mass is 9.75. The van der Waals surface area contributed by atoms with E-state index in [0.29, 0.717) is 5.56 Å². The molecule has 1 saturated carbocycles. The van der Waals surface area contributed by atoms with Gasteiger partial charge in [0.05, 0.1) is 12.3 Å². The summed E-state index contributed by atoms with van der Waals surface area (Å²) < 4.78 is 18.7. The minimum Gasteiger partial charge on any atom is -0.458 e. The second-order valence-corrected chi connectivity index (χ2v) is 6.20. The summed E-state index contributed by atoms with van der Waals surface area (Å²) in [5.74, 6) is -1.20. The number of hydrogen-bond acceptors (Lipinski definition) is 3. The van der Waals surface area contributed by atoms with Crippen LogP contribution in [0.5, 0.6) is 0 Å². The van der Waals surface area contributed by atoms with Crippen LogP contribution in [0, 0.1) is 11.7 Å². The van der Waals surface area contributed by atoms with Gasteiger partial charge in [0.1, 0.15) is 11.4 Å². The summed E-state index contributed by atoms with van der Waals surface area (Å²) in [6.07, 6.45) is 4.77. The molecule has 0 unspecified atom stereocenters. The number of halogens is 1. The van der Waals surface area contributed by atoms with Crippen LogP contribution in [0.1, 0.15) is 44.1 Å². The zero-order chi connectivity index (χ0) is 15.6. The highest BCUT2D eigenvalue weighted by molar-refractivity contribution is 5.87. The molecule has 118 valence electrons. The van der Waals surface area contributed by atoms with Crippen LogP contribution in [0.4, 0.5) is 4.39 Å². The van der Waals surface area contributed by atoms with Crippen molar-refractivity contribution in [3.8, 4) is 0 Å². The Morgan fingerprint density at radius 3 is 2.82 bits per heavy atom. The normalized spacial score (nSPS) is 23.3. The van der Waals surface area contributed by atoms with E-state index in [2.05, 4.69) is 5.32 Å². The van der Waals surface area contributed by atoms with E-state index in [9.17, 15) is 14.0 Å². The molecule has 1 aromatic rings. The second kappa shape index (κ2) is 6.07. The van der Waals surface area contributed by atoms with Crippen molar-refractivity contribution in [1.82, 2.24) is 5.32 Å². The molecule has 0 aromatic heterocycles. The summed E-state index contributed by atoms with van der Waals surface area (Å²) in [6.45, 7) is 0.261. The maximum absolute atomic E-state index is 13.2. The summed E-state index contributed by atoms with van der Waals surface area (Å²) in [5.41, 5.74) is 0.0951. The van der Waals surface area contributed by atoms with E-state index in [1.165, 1.54) is 12.1 Å². The van der Waals surface area contributed by atoms with Crippen molar-refractivity contribution in [1.29, 1.82) is 0 Å². The van der Waals surface area contributed by atoms with Crippen LogP contribution in [0.25, 0.3) is 0 Å². The van der Waals surface area contributed by atoms with Gasteiger partial charge in [-0.15, -0.1) is 0 Å². The van der Waals surface area contributed by atoms with Crippen molar-refractivity contribution < 1.29 is 18.7 Å². The number of carbonyl (C=O) groups excluding carboxylic acids is 2. The maximum atomic E-state index is 13.2. The van der Waals surface area contributed by atoms with Crippen molar-refractivity contribution in [3.05, 3.63) is 35.6 Å². The number of esters is 1. The molecule has 1 amide bonds. The van der Waals surface area contributed by atoms with Crippen molar-refractivity contribution in [2.24, 2.45) is 5.92 Å². The molecule has 2 fully saturated rings. The molecule has 0 radical (unpaired) electrons. The van der Waals surface area contributed by atoms with E-state index in [-0.39, 0.29) is 30.7 Å². The lowest BCUT2D eigenvalue weighted by Crippen LogP contribution is -2.45. The molecule has 1 aliphatic carbocycles. The smallest absolute Gasteiger partial charge is 0.307 e. The van der Waals surface area contributed by atoms with E-state index in [1.54, 1.807) is 12.1 Å². The Morgan fingerprint density at radius 1 is 1.32 bits per heavy atom. The van der Waals surface area contributed by atoms with Crippen LogP contribution in [0.2, 0.25) is 0 Å². The molecule has 1 saturated heterocycles. The van der Waals surface area contributed by atoms with E-state index in [4.69, 9.17) is 4.74 Å². The van der Waals surface area contributed by atoms with E-state index in [1.807, 2.05) is 0 Å². The number of hydrogen-bond donors (Lipinski definition) is 1. The summed E-state index contributed by atoms with van der Waals surface area (Å²) in [6, 6.07) is 6.14. The third kappa shape index (κ3) is 2.98. The maximum Gasteiger partial charge on any atom is 0.307 e. The average Bonchev–Trinajstić information content (AvgIpc) is 2.82. The van der Waals surface area contributed by atoms with Crippen LogP contribution in [-0.2, 0) is 20.9 Å². The quantitative estimate of drug-likeness (QED) is 0.874. The molecule has 0 bridgehead atoms. The van der Waals surface area contributed by atoms with Crippen molar-refractivity contribution >= 4 is 11.9 Å². The van der Waals surface area contributed by atoms with Gasteiger partial charge in [-0.05, 0) is 43.4 Å². The fourth-order valence-corrected chi connectivity index (χ4v) is 3.58. The van der Waals surface area contributed by atoms with Gasteiger partial charge in [-0.3, -0.25) is 9.59 Å². The molecule has 1 heterocycles. The van der Waals surface area contributed by atoms with Gasteiger partial charge in [0, 0.05) is 6.54 Å². The standard InChI is InChI=1S/C17H20FNO3/c18-13-6-4-5-12(9-13)11-19-16(21)14-10-15(20)22-17(14)7-2-1-3-8-17/h4-6,9,14H,1-3,7-8,10-11H2,(H,19,21)/t14-/m0/s1. The molecular formula is C17H20FNO3. The first-order valence-electron chi connectivity index (χ1n) is 7.83. The summed E-state index contributed by atoms with van der Waals surface area (Å²) in [5, 5.41) is 2.82. The van der Waals surface area contributed by atoms with Gasteiger partial charge in [0.2, 0.25) is 5.91 Å². The Kier molecular flexibility index (Phi) is 4.14. The molecule has 1 N–H and O–H groups in total. The Balaban J connectivity index is 1.66. The van der Waals surface area contributed by atoms with Crippen LogP contribution >= 0.6 is 0 Å². The Bertz CT molecular complexity index is 581. The first-order chi connectivity index (χ1) is 10.6. The van der Waals surface area contributed by atoms with Crippen LogP contribution in [0.3, 0.4) is 0 Å². The average molecular weight is 305 g/mol. The van der Waals surface area contributed by atoms with E-state index >= 15 is 0 Å². The molecule has 5 heteroatoms. The molecule has 4 nitrogen and oxygen atoms in total. The van der Waals surface area contributed by atoms with Crippen LogP contribution in [0.15, 0.2) is 24.3 Å². The largest absolute Gasteiger partial charge is 0.458 e. The van der Waals surface area contributed by atoms with Gasteiger partial charge in [0.25, 0.3) is 0 Å². The number of nitrogens with one attached hydrogen (secondary N) is 1. The minimum absolute atomic E-state index is 0.148. The van der Waals surface area contributed by atoms with Gasteiger partial charge >= 0.3 is 5.97 Å². The minimum atomic E-state index is -0.610. The highest BCUT2D eigenvalue weighted by Crippen LogP contribution is 2.44. The summed E-state index contributed by atoms with van der Waals surface area (Å²) in [7, 11) is 0. The Morgan fingerprint density at radius 2 is 2.09 bits per heavy atom. The molecular weight excluding hydrogens is 285 g/mol. The number of benzene rings is 1. The van der Waals surface area contributed by atoms with E-state index in [0.717, 1.165) is 32.1 Å². The zero-order valence-electron chi connectivity index (χ0n) is 12.4. The van der Waals surface area contributed by atoms with Crippen LogP contribution < -0.4 is 5.32 Å². The van der Waals surface area contributed by atoms with Gasteiger partial charge in [-0.25, -0.2) is 4.39 Å². The lowest BCUT2D eigenvalue weighted by Gasteiger charge is -2.36. The topological polar surface area (TPSA) is 55.4 Å². The van der Waals surface area contributed by atoms with Gasteiger partial charge in [0.15, 0.2) is 0 Å². The predicted octanol–water partition coefficient (Wildman–Crippen LogP) is 2.71. The number of amides is 1. The monoisotopic (exact) mass is 305 g/mol. The SMILES string of the molecule is O=C1C[C@@H](C(=O)NCc2cccc(F)c2)C2(CCCCC2)O1. The molecule has 3 rings (SSSR count). The highest BCUT2D eigenvalue weighted by atomic mass is 19.1. The van der Waals surface area contributed by atoms with Crippen LogP contribution in [-0.4, -0.2) is 17.5 Å². The van der Waals surface area contributed by atoms with Gasteiger partial charge in [-0.1, -0.05) is 18.6 Å². The summed E-state index contributed by atoms with van der Waals surface area (Å²) >= 11 is 0. The molecule has 1 aliphatic heterocycles. The van der Waals surface area contributed by atoms with Gasteiger partial charge in [-0.2, -0.15) is 0 Å². The Labute approximate surface area is 129 Å². The van der Waals surface area contributed by atoms with Gasteiger partial charge < -0.3 is 10.1 Å². The first-order valence-corrected chi connectivity index (χ1v) is 7.83. The Hall–Kier alpha value is -1.91. The number of rotatable bonds is 3. The zero-order valence-corrected chi connectivity index (χ0v) is 12.4. The second-order valence-electron chi connectivity index (χ2n) is 6.20. The van der Waals surface area contributed by atoms with E-state index < -0.39 is 11.5 Å². The lowest BCUT2D eigenvalue weighted by molar-refractivity contribution is -0.153. The third-order valence-corrected chi connectivity index (χ3v) is 4.70. The number of ether oxygens (including phenoxy) is 1. The molecule has 22 heavy (non-hydrogen) atoms. The summed E-state index contributed by atoms with van der Waals surface area (Å²) in [4.78, 5) is 24.2. The van der Waals surface area contributed by atoms with Crippen molar-refractivity contribution in [3.63, 3.8) is 0 Å².